The van der Waals surface area contributed by atoms with Gasteiger partial charge in [0.05, 0.1) is 0 Å². The Morgan fingerprint density at radius 2 is 1.89 bits per heavy atom. The van der Waals surface area contributed by atoms with Gasteiger partial charge >= 0.3 is 0 Å². The summed E-state index contributed by atoms with van der Waals surface area (Å²) in [7, 11) is 0. The van der Waals surface area contributed by atoms with Crippen LogP contribution < -0.4 is 14.8 Å². The molecule has 0 atom stereocenters. The summed E-state index contributed by atoms with van der Waals surface area (Å²) in [6.07, 6.45) is 6.02. The number of carbonyl (C=O) groups excluding carboxylic acids is 1. The molecule has 148 valence electrons. The fraction of sp³-hybridized carbons (Fsp3) is 0.524. The first kappa shape index (κ1) is 17.6. The fourth-order valence-corrected chi connectivity index (χ4v) is 3.88. The molecule has 0 radical (unpaired) electrons. The van der Waals surface area contributed by atoms with Crippen LogP contribution >= 0.6 is 0 Å². The third-order valence-corrected chi connectivity index (χ3v) is 5.75. The summed E-state index contributed by atoms with van der Waals surface area (Å²) in [5.41, 5.74) is 1.13. The van der Waals surface area contributed by atoms with Crippen LogP contribution in [-0.2, 0) is 0 Å². The van der Waals surface area contributed by atoms with Crippen molar-refractivity contribution in [2.75, 3.05) is 32.8 Å². The number of aromatic nitrogens is 1. The largest absolute Gasteiger partial charge is 0.486 e. The Labute approximate surface area is 164 Å². The molecule has 0 unspecified atom stereocenters. The Balaban J connectivity index is 1.27. The van der Waals surface area contributed by atoms with Crippen molar-refractivity contribution in [3.8, 4) is 22.8 Å². The van der Waals surface area contributed by atoms with Crippen molar-refractivity contribution in [2.24, 2.45) is 5.92 Å². The third kappa shape index (κ3) is 3.58. The van der Waals surface area contributed by atoms with Crippen LogP contribution in [0.3, 0.4) is 0 Å². The molecule has 3 heterocycles. The summed E-state index contributed by atoms with van der Waals surface area (Å²) in [5.74, 6) is 2.67. The van der Waals surface area contributed by atoms with E-state index in [2.05, 4.69) is 10.3 Å². The molecule has 2 fully saturated rings. The quantitative estimate of drug-likeness (QED) is 0.856. The van der Waals surface area contributed by atoms with Crippen molar-refractivity contribution in [3.05, 3.63) is 30.3 Å². The molecule has 2 aromatic rings. The van der Waals surface area contributed by atoms with Gasteiger partial charge in [-0.15, -0.1) is 0 Å². The van der Waals surface area contributed by atoms with Gasteiger partial charge in [-0.05, 0) is 56.3 Å². The number of benzene rings is 1. The number of ether oxygens (including phenoxy) is 2. The highest BCUT2D eigenvalue weighted by atomic mass is 16.6. The van der Waals surface area contributed by atoms with E-state index in [9.17, 15) is 4.79 Å². The lowest BCUT2D eigenvalue weighted by Crippen LogP contribution is -2.45. The lowest BCUT2D eigenvalue weighted by Gasteiger charge is -2.32. The minimum Gasteiger partial charge on any atom is -0.486 e. The highest BCUT2D eigenvalue weighted by molar-refractivity contribution is 5.97. The highest BCUT2D eigenvalue weighted by Gasteiger charge is 2.29. The lowest BCUT2D eigenvalue weighted by molar-refractivity contribution is 0.0700. The molecule has 5 rings (SSSR count). The summed E-state index contributed by atoms with van der Waals surface area (Å²) in [4.78, 5) is 19.2. The number of nitrogens with zero attached hydrogens (tertiary/aromatic N) is 2. The number of oxazole rings is 1. The number of likely N-dealkylation sites (tertiary alicyclic amines) is 1. The van der Waals surface area contributed by atoms with Gasteiger partial charge in [0.1, 0.15) is 13.2 Å². The van der Waals surface area contributed by atoms with Gasteiger partial charge in [0.2, 0.25) is 0 Å². The SMILES string of the molecule is O=C(c1ncoc1-c1ccc2c(c1)OCCO2)N1CCC(NCC2CC2)CC1. The molecule has 7 nitrogen and oxygen atoms in total. The van der Waals surface area contributed by atoms with E-state index >= 15 is 0 Å². The minimum absolute atomic E-state index is 0.0701. The van der Waals surface area contributed by atoms with Crippen LogP contribution in [0, 0.1) is 5.92 Å². The van der Waals surface area contributed by atoms with Crippen molar-refractivity contribution < 1.29 is 18.7 Å². The third-order valence-electron chi connectivity index (χ3n) is 5.75. The maximum absolute atomic E-state index is 13.1. The second kappa shape index (κ2) is 7.47. The Morgan fingerprint density at radius 1 is 1.11 bits per heavy atom. The molecule has 0 spiro atoms. The number of carbonyl (C=O) groups is 1. The van der Waals surface area contributed by atoms with E-state index in [-0.39, 0.29) is 5.91 Å². The Kier molecular flexibility index (Phi) is 4.68. The fourth-order valence-electron chi connectivity index (χ4n) is 3.88. The van der Waals surface area contributed by atoms with Gasteiger partial charge < -0.3 is 24.1 Å². The van der Waals surface area contributed by atoms with Gasteiger partial charge in [-0.25, -0.2) is 4.98 Å². The van der Waals surface area contributed by atoms with E-state index in [0.29, 0.717) is 42.2 Å². The first-order chi connectivity index (χ1) is 13.8. The zero-order valence-corrected chi connectivity index (χ0v) is 15.9. The standard InChI is InChI=1S/C21H25N3O4/c25-21(24-7-5-16(6-8-24)22-12-14-1-2-14)19-20(28-13-23-19)15-3-4-17-18(11-15)27-10-9-26-17/h3-4,11,13-14,16,22H,1-2,5-10,12H2. The van der Waals surface area contributed by atoms with Gasteiger partial charge in [-0.3, -0.25) is 4.79 Å². The predicted molar refractivity (Wildman–Crippen MR) is 103 cm³/mol. The Morgan fingerprint density at radius 3 is 2.68 bits per heavy atom. The maximum Gasteiger partial charge on any atom is 0.276 e. The number of rotatable bonds is 5. The summed E-state index contributed by atoms with van der Waals surface area (Å²) in [6.45, 7) is 3.67. The van der Waals surface area contributed by atoms with Crippen molar-refractivity contribution in [3.63, 3.8) is 0 Å². The Hall–Kier alpha value is -2.54. The summed E-state index contributed by atoms with van der Waals surface area (Å²) in [6, 6.07) is 6.08. The average Bonchev–Trinajstić information content (AvgIpc) is 3.45. The molecule has 1 aliphatic carbocycles. The highest BCUT2D eigenvalue weighted by Crippen LogP contribution is 2.36. The number of hydrogen-bond donors (Lipinski definition) is 1. The molecule has 7 heteroatoms. The summed E-state index contributed by atoms with van der Waals surface area (Å²) < 4.78 is 16.8. The molecule has 1 aromatic heterocycles. The molecule has 1 saturated heterocycles. The van der Waals surface area contributed by atoms with E-state index < -0.39 is 0 Å². The molecule has 1 aromatic carbocycles. The van der Waals surface area contributed by atoms with Crippen molar-refractivity contribution in [1.82, 2.24) is 15.2 Å². The maximum atomic E-state index is 13.1. The van der Waals surface area contributed by atoms with Gasteiger partial charge in [0, 0.05) is 24.7 Å². The minimum atomic E-state index is -0.0701. The van der Waals surface area contributed by atoms with E-state index in [1.165, 1.54) is 19.2 Å². The molecule has 1 N–H and O–H groups in total. The molecule has 0 bridgehead atoms. The monoisotopic (exact) mass is 383 g/mol. The van der Waals surface area contributed by atoms with Gasteiger partial charge in [0.25, 0.3) is 5.91 Å². The normalized spacial score (nSPS) is 19.6. The average molecular weight is 383 g/mol. The lowest BCUT2D eigenvalue weighted by atomic mass is 10.0. The number of amides is 1. The van der Waals surface area contributed by atoms with Crippen LogP contribution in [0.1, 0.15) is 36.2 Å². The van der Waals surface area contributed by atoms with Crippen molar-refractivity contribution in [1.29, 1.82) is 0 Å². The van der Waals surface area contributed by atoms with E-state index in [4.69, 9.17) is 13.9 Å². The van der Waals surface area contributed by atoms with Crippen LogP contribution in [0.15, 0.2) is 29.0 Å². The van der Waals surface area contributed by atoms with Crippen molar-refractivity contribution >= 4 is 5.91 Å². The predicted octanol–water partition coefficient (Wildman–Crippen LogP) is 2.72. The second-order valence-electron chi connectivity index (χ2n) is 7.81. The van der Waals surface area contributed by atoms with Gasteiger partial charge in [0.15, 0.2) is 29.3 Å². The topological polar surface area (TPSA) is 76.8 Å². The zero-order chi connectivity index (χ0) is 18.9. The van der Waals surface area contributed by atoms with E-state index in [0.717, 1.165) is 44.0 Å². The van der Waals surface area contributed by atoms with Crippen LogP contribution in [0.4, 0.5) is 0 Å². The second-order valence-corrected chi connectivity index (χ2v) is 7.81. The number of piperidine rings is 1. The van der Waals surface area contributed by atoms with Crippen LogP contribution in [-0.4, -0.2) is 54.7 Å². The van der Waals surface area contributed by atoms with Gasteiger partial charge in [-0.1, -0.05) is 0 Å². The summed E-state index contributed by atoms with van der Waals surface area (Å²) >= 11 is 0. The number of hydrogen-bond acceptors (Lipinski definition) is 6. The number of nitrogens with one attached hydrogen (secondary N) is 1. The first-order valence-corrected chi connectivity index (χ1v) is 10.1. The summed E-state index contributed by atoms with van der Waals surface area (Å²) in [5, 5.41) is 3.65. The molecule has 1 amide bonds. The molecule has 3 aliphatic rings. The van der Waals surface area contributed by atoms with E-state index in [1.54, 1.807) is 0 Å². The van der Waals surface area contributed by atoms with Crippen LogP contribution in [0.25, 0.3) is 11.3 Å². The molecular formula is C21H25N3O4. The number of fused-ring (bicyclic) bond motifs is 1. The molecule has 1 saturated carbocycles. The molecular weight excluding hydrogens is 358 g/mol. The van der Waals surface area contributed by atoms with Gasteiger partial charge in [-0.2, -0.15) is 0 Å². The van der Waals surface area contributed by atoms with Crippen LogP contribution in [0.2, 0.25) is 0 Å². The molecule has 2 aliphatic heterocycles. The Bertz CT molecular complexity index is 853. The van der Waals surface area contributed by atoms with Crippen molar-refractivity contribution in [2.45, 2.75) is 31.7 Å². The smallest absolute Gasteiger partial charge is 0.276 e. The zero-order valence-electron chi connectivity index (χ0n) is 15.9. The van der Waals surface area contributed by atoms with Crippen LogP contribution in [0.5, 0.6) is 11.5 Å². The first-order valence-electron chi connectivity index (χ1n) is 10.1. The van der Waals surface area contributed by atoms with E-state index in [1.807, 2.05) is 23.1 Å². The molecule has 28 heavy (non-hydrogen) atoms.